The van der Waals surface area contributed by atoms with Crippen molar-refractivity contribution in [3.63, 3.8) is 0 Å². The van der Waals surface area contributed by atoms with Gasteiger partial charge in [0.1, 0.15) is 0 Å². The monoisotopic (exact) mass is 241 g/mol. The van der Waals surface area contributed by atoms with Crippen LogP contribution in [-0.4, -0.2) is 55.0 Å². The lowest BCUT2D eigenvalue weighted by molar-refractivity contribution is -0.130. The molecule has 0 bridgehead atoms. The van der Waals surface area contributed by atoms with Crippen LogP contribution in [0.3, 0.4) is 0 Å². The van der Waals surface area contributed by atoms with Crippen LogP contribution >= 0.6 is 0 Å². The van der Waals surface area contributed by atoms with Crippen LogP contribution in [0, 0.1) is 0 Å². The first-order valence-electron chi connectivity index (χ1n) is 6.74. The van der Waals surface area contributed by atoms with E-state index in [1.54, 1.807) is 4.90 Å². The van der Waals surface area contributed by atoms with Crippen LogP contribution in [0.2, 0.25) is 0 Å². The summed E-state index contributed by atoms with van der Waals surface area (Å²) in [4.78, 5) is 15.8. The highest BCUT2D eigenvalue weighted by atomic mass is 16.2. The van der Waals surface area contributed by atoms with Gasteiger partial charge in [-0.25, -0.2) is 0 Å². The van der Waals surface area contributed by atoms with E-state index >= 15 is 0 Å². The smallest absolute Gasteiger partial charge is 0.236 e. The highest BCUT2D eigenvalue weighted by Crippen LogP contribution is 2.22. The van der Waals surface area contributed by atoms with Gasteiger partial charge in [0.15, 0.2) is 0 Å². The number of likely N-dealkylation sites (N-methyl/N-ethyl adjacent to an activating group) is 1. The second-order valence-electron chi connectivity index (χ2n) is 5.33. The number of rotatable bonds is 5. The zero-order valence-corrected chi connectivity index (χ0v) is 11.5. The van der Waals surface area contributed by atoms with Crippen LogP contribution in [0.4, 0.5) is 0 Å². The molecule has 1 aliphatic rings. The SMILES string of the molecule is CCCN(CC(=O)N(C)C)C1CCC(N)CC1. The molecular formula is C13H27N3O. The summed E-state index contributed by atoms with van der Waals surface area (Å²) in [6.45, 7) is 3.74. The zero-order valence-electron chi connectivity index (χ0n) is 11.5. The fourth-order valence-electron chi connectivity index (χ4n) is 2.46. The summed E-state index contributed by atoms with van der Waals surface area (Å²) in [5.41, 5.74) is 5.93. The van der Waals surface area contributed by atoms with E-state index in [9.17, 15) is 4.79 Å². The van der Waals surface area contributed by atoms with Crippen molar-refractivity contribution in [1.29, 1.82) is 0 Å². The molecule has 0 aliphatic heterocycles. The van der Waals surface area contributed by atoms with Crippen molar-refractivity contribution in [2.24, 2.45) is 5.73 Å². The van der Waals surface area contributed by atoms with Gasteiger partial charge in [-0.1, -0.05) is 6.92 Å². The molecule has 0 aromatic carbocycles. The minimum Gasteiger partial charge on any atom is -0.348 e. The molecule has 0 spiro atoms. The number of nitrogens with zero attached hydrogens (tertiary/aromatic N) is 2. The van der Waals surface area contributed by atoms with E-state index in [-0.39, 0.29) is 5.91 Å². The first-order valence-corrected chi connectivity index (χ1v) is 6.74. The molecule has 1 amide bonds. The fourth-order valence-corrected chi connectivity index (χ4v) is 2.46. The number of hydrogen-bond acceptors (Lipinski definition) is 3. The summed E-state index contributed by atoms with van der Waals surface area (Å²) in [6.07, 6.45) is 5.58. The quantitative estimate of drug-likeness (QED) is 0.783. The van der Waals surface area contributed by atoms with Crippen LogP contribution < -0.4 is 5.73 Å². The molecule has 0 aromatic heterocycles. The van der Waals surface area contributed by atoms with Crippen molar-refractivity contribution in [1.82, 2.24) is 9.80 Å². The minimum atomic E-state index is 0.202. The molecule has 0 aromatic rings. The lowest BCUT2D eigenvalue weighted by Crippen LogP contribution is -2.45. The van der Waals surface area contributed by atoms with Crippen molar-refractivity contribution in [2.45, 2.75) is 51.1 Å². The van der Waals surface area contributed by atoms with Crippen LogP contribution in [0.5, 0.6) is 0 Å². The number of carbonyl (C=O) groups is 1. The first-order chi connectivity index (χ1) is 8.04. The third-order valence-electron chi connectivity index (χ3n) is 3.61. The Bertz CT molecular complexity index is 235. The zero-order chi connectivity index (χ0) is 12.8. The predicted molar refractivity (Wildman–Crippen MR) is 70.8 cm³/mol. The maximum atomic E-state index is 11.8. The second kappa shape index (κ2) is 6.97. The van der Waals surface area contributed by atoms with E-state index < -0.39 is 0 Å². The Labute approximate surface area is 105 Å². The van der Waals surface area contributed by atoms with Crippen LogP contribution in [0.15, 0.2) is 0 Å². The molecule has 4 nitrogen and oxygen atoms in total. The van der Waals surface area contributed by atoms with Gasteiger partial charge < -0.3 is 10.6 Å². The Morgan fingerprint density at radius 3 is 2.29 bits per heavy atom. The Hall–Kier alpha value is -0.610. The maximum Gasteiger partial charge on any atom is 0.236 e. The van der Waals surface area contributed by atoms with Crippen molar-refractivity contribution in [3.05, 3.63) is 0 Å². The van der Waals surface area contributed by atoms with E-state index in [1.807, 2.05) is 14.1 Å². The van der Waals surface area contributed by atoms with Gasteiger partial charge in [0.2, 0.25) is 5.91 Å². The second-order valence-corrected chi connectivity index (χ2v) is 5.33. The van der Waals surface area contributed by atoms with Crippen molar-refractivity contribution < 1.29 is 4.79 Å². The summed E-state index contributed by atoms with van der Waals surface area (Å²) in [7, 11) is 3.65. The molecule has 0 atom stereocenters. The average molecular weight is 241 g/mol. The van der Waals surface area contributed by atoms with E-state index in [2.05, 4.69) is 11.8 Å². The highest BCUT2D eigenvalue weighted by Gasteiger charge is 2.25. The number of amides is 1. The number of hydrogen-bond donors (Lipinski definition) is 1. The Morgan fingerprint density at radius 1 is 1.24 bits per heavy atom. The van der Waals surface area contributed by atoms with Gasteiger partial charge in [-0.3, -0.25) is 9.69 Å². The van der Waals surface area contributed by atoms with Gasteiger partial charge in [0, 0.05) is 26.2 Å². The van der Waals surface area contributed by atoms with Gasteiger partial charge in [-0.05, 0) is 38.6 Å². The minimum absolute atomic E-state index is 0.202. The molecule has 2 N–H and O–H groups in total. The van der Waals surface area contributed by atoms with E-state index in [4.69, 9.17) is 5.73 Å². The Balaban J connectivity index is 2.50. The molecular weight excluding hydrogens is 214 g/mol. The third kappa shape index (κ3) is 4.64. The number of nitrogens with two attached hydrogens (primary N) is 1. The summed E-state index contributed by atoms with van der Waals surface area (Å²) in [5.74, 6) is 0.202. The van der Waals surface area contributed by atoms with Gasteiger partial charge >= 0.3 is 0 Å². The largest absolute Gasteiger partial charge is 0.348 e. The molecule has 0 heterocycles. The lowest BCUT2D eigenvalue weighted by atomic mass is 9.90. The van der Waals surface area contributed by atoms with Gasteiger partial charge in [-0.2, -0.15) is 0 Å². The normalized spacial score (nSPS) is 25.0. The Kier molecular flexibility index (Phi) is 5.92. The third-order valence-corrected chi connectivity index (χ3v) is 3.61. The Morgan fingerprint density at radius 2 is 1.82 bits per heavy atom. The molecule has 0 radical (unpaired) electrons. The average Bonchev–Trinajstić information content (AvgIpc) is 2.29. The summed E-state index contributed by atoms with van der Waals surface area (Å²) in [5, 5.41) is 0. The topological polar surface area (TPSA) is 49.6 Å². The molecule has 4 heteroatoms. The van der Waals surface area contributed by atoms with Crippen LogP contribution in [0.25, 0.3) is 0 Å². The van der Waals surface area contributed by atoms with Gasteiger partial charge in [0.25, 0.3) is 0 Å². The molecule has 0 saturated heterocycles. The predicted octanol–water partition coefficient (Wildman–Crippen LogP) is 1.06. The van der Waals surface area contributed by atoms with Crippen molar-refractivity contribution >= 4 is 5.91 Å². The van der Waals surface area contributed by atoms with Crippen LogP contribution in [0.1, 0.15) is 39.0 Å². The number of carbonyl (C=O) groups excluding carboxylic acids is 1. The van der Waals surface area contributed by atoms with Gasteiger partial charge in [-0.15, -0.1) is 0 Å². The van der Waals surface area contributed by atoms with Crippen molar-refractivity contribution in [3.8, 4) is 0 Å². The van der Waals surface area contributed by atoms with Crippen molar-refractivity contribution in [2.75, 3.05) is 27.2 Å². The van der Waals surface area contributed by atoms with E-state index in [1.165, 1.54) is 0 Å². The molecule has 100 valence electrons. The summed E-state index contributed by atoms with van der Waals surface area (Å²) in [6, 6.07) is 0.929. The highest BCUT2D eigenvalue weighted by molar-refractivity contribution is 5.77. The van der Waals surface area contributed by atoms with E-state index in [0.717, 1.165) is 38.6 Å². The summed E-state index contributed by atoms with van der Waals surface area (Å²) < 4.78 is 0. The standard InChI is InChI=1S/C13H27N3O/c1-4-9-16(10-13(17)15(2)3)12-7-5-11(14)6-8-12/h11-12H,4-10,14H2,1-3H3. The molecule has 1 rings (SSSR count). The molecule has 1 fully saturated rings. The first kappa shape index (κ1) is 14.5. The lowest BCUT2D eigenvalue weighted by Gasteiger charge is -2.36. The molecule has 17 heavy (non-hydrogen) atoms. The van der Waals surface area contributed by atoms with E-state index in [0.29, 0.717) is 18.6 Å². The maximum absolute atomic E-state index is 11.8. The van der Waals surface area contributed by atoms with Gasteiger partial charge in [0.05, 0.1) is 6.54 Å². The molecule has 1 aliphatic carbocycles. The molecule has 0 unspecified atom stereocenters. The fraction of sp³-hybridized carbons (Fsp3) is 0.923. The summed E-state index contributed by atoms with van der Waals surface area (Å²) >= 11 is 0. The van der Waals surface area contributed by atoms with Crippen LogP contribution in [-0.2, 0) is 4.79 Å². The molecule has 1 saturated carbocycles.